The number of aryl methyl sites for hydroxylation is 1. The highest BCUT2D eigenvalue weighted by molar-refractivity contribution is 5.88. The molecule has 3 N–H and O–H groups in total. The number of hydrogen-bond acceptors (Lipinski definition) is 2. The average molecular weight is 280 g/mol. The molecular formula is C16H25FN2O. The van der Waals surface area contributed by atoms with Gasteiger partial charge in [-0.3, -0.25) is 4.79 Å². The third kappa shape index (κ3) is 3.95. The van der Waals surface area contributed by atoms with Crippen molar-refractivity contribution >= 4 is 11.6 Å². The zero-order valence-corrected chi connectivity index (χ0v) is 12.8. The molecule has 0 aliphatic carbocycles. The van der Waals surface area contributed by atoms with Crippen LogP contribution in [0.2, 0.25) is 0 Å². The van der Waals surface area contributed by atoms with E-state index in [1.165, 1.54) is 12.1 Å². The molecule has 0 bridgehead atoms. The summed E-state index contributed by atoms with van der Waals surface area (Å²) in [6.07, 6.45) is 2.19. The number of amides is 1. The Morgan fingerprint density at radius 1 is 1.40 bits per heavy atom. The Balaban J connectivity index is 3.08. The molecule has 0 aliphatic heterocycles. The van der Waals surface area contributed by atoms with Gasteiger partial charge in [0.15, 0.2) is 0 Å². The second-order valence-corrected chi connectivity index (χ2v) is 5.66. The number of nitrogens with one attached hydrogen (secondary N) is 1. The molecule has 0 radical (unpaired) electrons. The number of halogens is 1. The molecule has 4 heteroatoms. The molecule has 1 aromatic carbocycles. The first-order valence-corrected chi connectivity index (χ1v) is 7.18. The second kappa shape index (κ2) is 6.73. The molecule has 0 spiro atoms. The van der Waals surface area contributed by atoms with Gasteiger partial charge in [0.2, 0.25) is 5.91 Å². The van der Waals surface area contributed by atoms with Crippen molar-refractivity contribution in [3.05, 3.63) is 29.6 Å². The lowest BCUT2D eigenvalue weighted by molar-refractivity contribution is -0.123. The maximum absolute atomic E-state index is 13.5. The first-order valence-electron chi connectivity index (χ1n) is 7.18. The van der Waals surface area contributed by atoms with Gasteiger partial charge in [0.05, 0.1) is 0 Å². The van der Waals surface area contributed by atoms with Crippen molar-refractivity contribution in [3.63, 3.8) is 0 Å². The molecule has 0 aliphatic rings. The van der Waals surface area contributed by atoms with Gasteiger partial charge in [-0.05, 0) is 49.4 Å². The van der Waals surface area contributed by atoms with Crippen LogP contribution in [0.5, 0.6) is 0 Å². The molecule has 112 valence electrons. The van der Waals surface area contributed by atoms with Crippen molar-refractivity contribution in [3.8, 4) is 0 Å². The fourth-order valence-corrected chi connectivity index (χ4v) is 2.44. The lowest BCUT2D eigenvalue weighted by atomic mass is 9.83. The van der Waals surface area contributed by atoms with Crippen LogP contribution in [-0.2, 0) is 4.79 Å². The van der Waals surface area contributed by atoms with E-state index in [2.05, 4.69) is 19.2 Å². The van der Waals surface area contributed by atoms with E-state index in [1.54, 1.807) is 0 Å². The smallest absolute Gasteiger partial charge is 0.243 e. The Morgan fingerprint density at radius 2 is 2.05 bits per heavy atom. The van der Waals surface area contributed by atoms with E-state index in [4.69, 9.17) is 5.73 Å². The van der Waals surface area contributed by atoms with E-state index in [0.29, 0.717) is 24.4 Å². The summed E-state index contributed by atoms with van der Waals surface area (Å²) in [5.74, 6) is -0.336. The molecule has 20 heavy (non-hydrogen) atoms. The van der Waals surface area contributed by atoms with Crippen molar-refractivity contribution in [2.24, 2.45) is 11.7 Å². The van der Waals surface area contributed by atoms with Crippen LogP contribution in [0.15, 0.2) is 18.2 Å². The predicted octanol–water partition coefficient (Wildman–Crippen LogP) is 3.62. The van der Waals surface area contributed by atoms with Gasteiger partial charge < -0.3 is 11.1 Å². The van der Waals surface area contributed by atoms with Crippen LogP contribution in [0.3, 0.4) is 0 Å². The highest BCUT2D eigenvalue weighted by Crippen LogP contribution is 2.28. The highest BCUT2D eigenvalue weighted by Gasteiger charge is 2.35. The molecule has 0 heterocycles. The largest absolute Gasteiger partial charge is 0.371 e. The molecule has 1 amide bonds. The van der Waals surface area contributed by atoms with E-state index in [-0.39, 0.29) is 11.7 Å². The number of carbonyl (C=O) groups excluding carboxylic acids is 1. The number of hydrogen-bond donors (Lipinski definition) is 2. The molecule has 3 nitrogen and oxygen atoms in total. The van der Waals surface area contributed by atoms with Gasteiger partial charge in [0.25, 0.3) is 0 Å². The monoisotopic (exact) mass is 280 g/mol. The van der Waals surface area contributed by atoms with Crippen molar-refractivity contribution < 1.29 is 9.18 Å². The van der Waals surface area contributed by atoms with Gasteiger partial charge in [-0.2, -0.15) is 0 Å². The SMILES string of the molecule is CCC(C)CC(CC)(Nc1cc(C)cc(F)c1)C(N)=O. The molecule has 1 aromatic rings. The molecule has 2 unspecified atom stereocenters. The highest BCUT2D eigenvalue weighted by atomic mass is 19.1. The normalized spacial score (nSPS) is 15.4. The molecule has 2 atom stereocenters. The van der Waals surface area contributed by atoms with E-state index in [9.17, 15) is 9.18 Å². The van der Waals surface area contributed by atoms with Crippen LogP contribution in [0.1, 0.15) is 45.6 Å². The number of carbonyl (C=O) groups is 1. The number of benzene rings is 1. The molecule has 1 rings (SSSR count). The Labute approximate surface area is 120 Å². The van der Waals surface area contributed by atoms with Crippen molar-refractivity contribution in [1.29, 1.82) is 0 Å². The second-order valence-electron chi connectivity index (χ2n) is 5.66. The van der Waals surface area contributed by atoms with Crippen LogP contribution >= 0.6 is 0 Å². The van der Waals surface area contributed by atoms with Gasteiger partial charge in [-0.15, -0.1) is 0 Å². The van der Waals surface area contributed by atoms with E-state index in [0.717, 1.165) is 12.0 Å². The van der Waals surface area contributed by atoms with Crippen LogP contribution in [0.4, 0.5) is 10.1 Å². The molecule has 0 aromatic heterocycles. The van der Waals surface area contributed by atoms with Gasteiger partial charge >= 0.3 is 0 Å². The minimum absolute atomic E-state index is 0.314. The zero-order valence-electron chi connectivity index (χ0n) is 12.8. The standard InChI is InChI=1S/C16H25FN2O/c1-5-11(3)10-16(6-2,15(18)20)19-14-8-12(4)7-13(17)9-14/h7-9,11,19H,5-6,10H2,1-4H3,(H2,18,20). The fourth-order valence-electron chi connectivity index (χ4n) is 2.44. The number of anilines is 1. The first kappa shape index (κ1) is 16.5. The van der Waals surface area contributed by atoms with Crippen LogP contribution in [0.25, 0.3) is 0 Å². The summed E-state index contributed by atoms with van der Waals surface area (Å²) in [5, 5.41) is 3.17. The average Bonchev–Trinajstić information content (AvgIpc) is 2.36. The minimum atomic E-state index is -0.824. The summed E-state index contributed by atoms with van der Waals surface area (Å²) in [5.41, 5.74) is 6.20. The van der Waals surface area contributed by atoms with Crippen LogP contribution in [0, 0.1) is 18.7 Å². The number of nitrogens with two attached hydrogens (primary N) is 1. The minimum Gasteiger partial charge on any atom is -0.371 e. The molecule has 0 fully saturated rings. The number of rotatable bonds is 7. The summed E-state index contributed by atoms with van der Waals surface area (Å²) in [4.78, 5) is 11.9. The number of primary amides is 1. The van der Waals surface area contributed by atoms with Gasteiger partial charge in [0, 0.05) is 5.69 Å². The van der Waals surface area contributed by atoms with Crippen molar-refractivity contribution in [1.82, 2.24) is 0 Å². The molecule has 0 saturated heterocycles. The zero-order chi connectivity index (χ0) is 15.3. The lowest BCUT2D eigenvalue weighted by Gasteiger charge is -2.34. The maximum atomic E-state index is 13.5. The summed E-state index contributed by atoms with van der Waals surface area (Å²) >= 11 is 0. The van der Waals surface area contributed by atoms with Crippen molar-refractivity contribution in [2.45, 2.75) is 52.5 Å². The van der Waals surface area contributed by atoms with E-state index in [1.807, 2.05) is 19.9 Å². The fraction of sp³-hybridized carbons (Fsp3) is 0.562. The topological polar surface area (TPSA) is 55.1 Å². The third-order valence-corrected chi connectivity index (χ3v) is 3.89. The lowest BCUT2D eigenvalue weighted by Crippen LogP contribution is -2.51. The Kier molecular flexibility index (Phi) is 5.54. The van der Waals surface area contributed by atoms with E-state index < -0.39 is 5.54 Å². The first-order chi connectivity index (χ1) is 9.32. The Morgan fingerprint density at radius 3 is 2.50 bits per heavy atom. The summed E-state index contributed by atoms with van der Waals surface area (Å²) in [7, 11) is 0. The van der Waals surface area contributed by atoms with Gasteiger partial charge in [-0.1, -0.05) is 27.2 Å². The summed E-state index contributed by atoms with van der Waals surface area (Å²) in [6, 6.07) is 4.68. The molecule has 0 saturated carbocycles. The maximum Gasteiger partial charge on any atom is 0.243 e. The predicted molar refractivity (Wildman–Crippen MR) is 81.0 cm³/mol. The Hall–Kier alpha value is -1.58. The quantitative estimate of drug-likeness (QED) is 0.801. The molecular weight excluding hydrogens is 255 g/mol. The third-order valence-electron chi connectivity index (χ3n) is 3.89. The van der Waals surface area contributed by atoms with E-state index >= 15 is 0 Å². The Bertz CT molecular complexity index is 455. The van der Waals surface area contributed by atoms with Crippen LogP contribution < -0.4 is 11.1 Å². The van der Waals surface area contributed by atoms with Gasteiger partial charge in [-0.25, -0.2) is 4.39 Å². The summed E-state index contributed by atoms with van der Waals surface area (Å²) < 4.78 is 13.5. The van der Waals surface area contributed by atoms with Gasteiger partial charge in [0.1, 0.15) is 11.4 Å². The summed E-state index contributed by atoms with van der Waals surface area (Å²) in [6.45, 7) is 7.91. The van der Waals surface area contributed by atoms with Crippen molar-refractivity contribution in [2.75, 3.05) is 5.32 Å². The van der Waals surface area contributed by atoms with Crippen LogP contribution in [-0.4, -0.2) is 11.4 Å².